The summed E-state index contributed by atoms with van der Waals surface area (Å²) in [7, 11) is 0. The summed E-state index contributed by atoms with van der Waals surface area (Å²) in [4.78, 5) is 0. The lowest BCUT2D eigenvalue weighted by molar-refractivity contribution is 0.194. The summed E-state index contributed by atoms with van der Waals surface area (Å²) in [5.74, 6) is 2.09. The van der Waals surface area contributed by atoms with E-state index in [0.29, 0.717) is 23.9 Å². The monoisotopic (exact) mass is 300 g/mol. The molecule has 0 saturated carbocycles. The molecule has 0 aliphatic rings. The van der Waals surface area contributed by atoms with Crippen LogP contribution in [0.4, 0.5) is 0 Å². The molecule has 0 fully saturated rings. The zero-order valence-electron chi connectivity index (χ0n) is 13.7. The Labute approximate surface area is 132 Å². The van der Waals surface area contributed by atoms with Crippen molar-refractivity contribution in [3.63, 3.8) is 0 Å². The zero-order valence-corrected chi connectivity index (χ0v) is 13.7. The number of benzene rings is 2. The molecule has 0 atom stereocenters. The molecule has 0 aliphatic heterocycles. The highest BCUT2D eigenvalue weighted by atomic mass is 16.5. The summed E-state index contributed by atoms with van der Waals surface area (Å²) in [5.41, 5.74) is 1.11. The first-order valence-electron chi connectivity index (χ1n) is 7.69. The first-order valence-corrected chi connectivity index (χ1v) is 7.69. The molecule has 0 heterocycles. The fourth-order valence-electron chi connectivity index (χ4n) is 2.06. The number of rotatable bonds is 7. The number of hydrogen-bond acceptors (Lipinski definition) is 3. The highest BCUT2D eigenvalue weighted by Crippen LogP contribution is 2.38. The molecule has 0 spiro atoms. The van der Waals surface area contributed by atoms with Gasteiger partial charge in [0.2, 0.25) is 5.75 Å². The maximum atomic E-state index is 6.01. The van der Waals surface area contributed by atoms with Crippen LogP contribution in [0.15, 0.2) is 48.5 Å². The highest BCUT2D eigenvalue weighted by Gasteiger charge is 2.15. The minimum absolute atomic E-state index is 0.0772. The van der Waals surface area contributed by atoms with Crippen LogP contribution in [-0.2, 0) is 6.61 Å². The van der Waals surface area contributed by atoms with E-state index >= 15 is 0 Å². The van der Waals surface area contributed by atoms with Gasteiger partial charge in [-0.1, -0.05) is 36.4 Å². The van der Waals surface area contributed by atoms with Crippen molar-refractivity contribution >= 4 is 0 Å². The molecule has 3 heteroatoms. The van der Waals surface area contributed by atoms with E-state index in [1.54, 1.807) is 0 Å². The highest BCUT2D eigenvalue weighted by molar-refractivity contribution is 5.51. The maximum absolute atomic E-state index is 6.01. The van der Waals surface area contributed by atoms with Gasteiger partial charge in [-0.3, -0.25) is 0 Å². The molecular formula is C19H24O3. The second-order valence-electron chi connectivity index (χ2n) is 5.69. The SMILES string of the molecule is CC(C)Oc1cccc(OC(C)C)c1OCc1ccccc1. The van der Waals surface area contributed by atoms with Gasteiger partial charge in [0.15, 0.2) is 11.5 Å². The Balaban J connectivity index is 2.24. The van der Waals surface area contributed by atoms with Gasteiger partial charge in [-0.05, 0) is 45.4 Å². The first-order chi connectivity index (χ1) is 10.6. The summed E-state index contributed by atoms with van der Waals surface area (Å²) in [5, 5.41) is 0. The van der Waals surface area contributed by atoms with Gasteiger partial charge in [0, 0.05) is 0 Å². The van der Waals surface area contributed by atoms with Crippen LogP contribution in [0.5, 0.6) is 17.2 Å². The lowest BCUT2D eigenvalue weighted by Crippen LogP contribution is -2.11. The zero-order chi connectivity index (χ0) is 15.9. The van der Waals surface area contributed by atoms with Crippen molar-refractivity contribution in [1.29, 1.82) is 0 Å². The van der Waals surface area contributed by atoms with Crippen molar-refractivity contribution in [2.24, 2.45) is 0 Å². The van der Waals surface area contributed by atoms with E-state index in [-0.39, 0.29) is 12.2 Å². The van der Waals surface area contributed by atoms with Crippen molar-refractivity contribution in [3.8, 4) is 17.2 Å². The minimum Gasteiger partial charge on any atom is -0.487 e. The third kappa shape index (κ3) is 4.69. The third-order valence-corrected chi connectivity index (χ3v) is 2.89. The molecule has 2 aromatic rings. The molecule has 3 nitrogen and oxygen atoms in total. The minimum atomic E-state index is 0.0772. The molecule has 0 aliphatic carbocycles. The quantitative estimate of drug-likeness (QED) is 0.732. The molecule has 0 unspecified atom stereocenters. The summed E-state index contributed by atoms with van der Waals surface area (Å²) >= 11 is 0. The van der Waals surface area contributed by atoms with Gasteiger partial charge in [-0.2, -0.15) is 0 Å². The van der Waals surface area contributed by atoms with Gasteiger partial charge in [0.05, 0.1) is 12.2 Å². The molecule has 2 rings (SSSR count). The van der Waals surface area contributed by atoms with Gasteiger partial charge in [0.25, 0.3) is 0 Å². The molecule has 118 valence electrons. The van der Waals surface area contributed by atoms with Crippen LogP contribution < -0.4 is 14.2 Å². The molecule has 22 heavy (non-hydrogen) atoms. The first kappa shape index (κ1) is 16.2. The number of para-hydroxylation sites is 1. The largest absolute Gasteiger partial charge is 0.487 e. The predicted molar refractivity (Wildman–Crippen MR) is 88.7 cm³/mol. The Kier molecular flexibility index (Phi) is 5.70. The lowest BCUT2D eigenvalue weighted by Gasteiger charge is -2.19. The third-order valence-electron chi connectivity index (χ3n) is 2.89. The smallest absolute Gasteiger partial charge is 0.203 e. The van der Waals surface area contributed by atoms with Gasteiger partial charge in [-0.25, -0.2) is 0 Å². The van der Waals surface area contributed by atoms with Crippen molar-refractivity contribution in [3.05, 3.63) is 54.1 Å². The lowest BCUT2D eigenvalue weighted by atomic mass is 10.2. The second-order valence-corrected chi connectivity index (χ2v) is 5.69. The molecule has 0 aromatic heterocycles. The molecular weight excluding hydrogens is 276 g/mol. The van der Waals surface area contributed by atoms with E-state index in [0.717, 1.165) is 5.56 Å². The van der Waals surface area contributed by atoms with Gasteiger partial charge >= 0.3 is 0 Å². The Morgan fingerprint density at radius 1 is 0.727 bits per heavy atom. The van der Waals surface area contributed by atoms with E-state index < -0.39 is 0 Å². The van der Waals surface area contributed by atoms with E-state index in [1.165, 1.54) is 0 Å². The van der Waals surface area contributed by atoms with Gasteiger partial charge < -0.3 is 14.2 Å². The van der Waals surface area contributed by atoms with Crippen LogP contribution in [0.25, 0.3) is 0 Å². The van der Waals surface area contributed by atoms with Crippen molar-refractivity contribution in [1.82, 2.24) is 0 Å². The van der Waals surface area contributed by atoms with Crippen LogP contribution >= 0.6 is 0 Å². The maximum Gasteiger partial charge on any atom is 0.203 e. The van der Waals surface area contributed by atoms with Crippen molar-refractivity contribution in [2.45, 2.75) is 46.5 Å². The molecule has 0 bridgehead atoms. The van der Waals surface area contributed by atoms with E-state index in [2.05, 4.69) is 0 Å². The van der Waals surface area contributed by atoms with E-state index in [4.69, 9.17) is 14.2 Å². The van der Waals surface area contributed by atoms with Gasteiger partial charge in [0.1, 0.15) is 6.61 Å². The topological polar surface area (TPSA) is 27.7 Å². The summed E-state index contributed by atoms with van der Waals surface area (Å²) < 4.78 is 17.7. The average molecular weight is 300 g/mol. The summed E-state index contributed by atoms with van der Waals surface area (Å²) in [6.45, 7) is 8.47. The standard InChI is InChI=1S/C19H24O3/c1-14(2)21-17-11-8-12-18(22-15(3)4)19(17)20-13-16-9-6-5-7-10-16/h5-12,14-15H,13H2,1-4H3. The average Bonchev–Trinajstić information content (AvgIpc) is 2.46. The van der Waals surface area contributed by atoms with Crippen LogP contribution in [0.3, 0.4) is 0 Å². The molecule has 0 radical (unpaired) electrons. The van der Waals surface area contributed by atoms with Gasteiger partial charge in [-0.15, -0.1) is 0 Å². The molecule has 2 aromatic carbocycles. The fourth-order valence-corrected chi connectivity index (χ4v) is 2.06. The summed E-state index contributed by atoms with van der Waals surface area (Å²) in [6, 6.07) is 15.8. The molecule has 0 amide bonds. The summed E-state index contributed by atoms with van der Waals surface area (Å²) in [6.07, 6.45) is 0.154. The van der Waals surface area contributed by atoms with Crippen LogP contribution in [0.1, 0.15) is 33.3 Å². The van der Waals surface area contributed by atoms with E-state index in [1.807, 2.05) is 76.2 Å². The number of hydrogen-bond donors (Lipinski definition) is 0. The molecule has 0 saturated heterocycles. The Bertz CT molecular complexity index is 548. The predicted octanol–water partition coefficient (Wildman–Crippen LogP) is 4.84. The van der Waals surface area contributed by atoms with Crippen molar-refractivity contribution in [2.75, 3.05) is 0 Å². The van der Waals surface area contributed by atoms with Crippen LogP contribution in [0.2, 0.25) is 0 Å². The van der Waals surface area contributed by atoms with Crippen LogP contribution in [0, 0.1) is 0 Å². The van der Waals surface area contributed by atoms with E-state index in [9.17, 15) is 0 Å². The Hall–Kier alpha value is -2.16. The normalized spacial score (nSPS) is 10.8. The molecule has 0 N–H and O–H groups in total. The Morgan fingerprint density at radius 2 is 1.27 bits per heavy atom. The fraction of sp³-hybridized carbons (Fsp3) is 0.368. The Morgan fingerprint density at radius 3 is 1.77 bits per heavy atom. The van der Waals surface area contributed by atoms with Crippen molar-refractivity contribution < 1.29 is 14.2 Å². The number of ether oxygens (including phenoxy) is 3. The van der Waals surface area contributed by atoms with Crippen LogP contribution in [-0.4, -0.2) is 12.2 Å². The second kappa shape index (κ2) is 7.74.